The predicted octanol–water partition coefficient (Wildman–Crippen LogP) is 3.78. The van der Waals surface area contributed by atoms with Crippen LogP contribution in [0.4, 0.5) is 5.95 Å². The van der Waals surface area contributed by atoms with Crippen LogP contribution in [-0.2, 0) is 13.0 Å². The lowest BCUT2D eigenvalue weighted by Gasteiger charge is -2.34. The van der Waals surface area contributed by atoms with E-state index in [1.54, 1.807) is 0 Å². The van der Waals surface area contributed by atoms with E-state index in [1.165, 1.54) is 23.2 Å². The molecule has 1 aromatic carbocycles. The molecule has 3 aromatic heterocycles. The molecule has 1 N–H and O–H groups in total. The largest absolute Gasteiger partial charge is 0.339 e. The summed E-state index contributed by atoms with van der Waals surface area (Å²) in [4.78, 5) is 19.2. The number of pyridine rings is 1. The van der Waals surface area contributed by atoms with Gasteiger partial charge in [-0.2, -0.15) is 0 Å². The first-order valence-corrected chi connectivity index (χ1v) is 12.3. The van der Waals surface area contributed by atoms with Gasteiger partial charge in [0.1, 0.15) is 5.65 Å². The van der Waals surface area contributed by atoms with Crippen LogP contribution in [0.5, 0.6) is 0 Å². The molecule has 6 rings (SSSR count). The van der Waals surface area contributed by atoms with Crippen molar-refractivity contribution in [2.24, 2.45) is 0 Å². The predicted molar refractivity (Wildman–Crippen MR) is 134 cm³/mol. The highest BCUT2D eigenvalue weighted by Gasteiger charge is 2.26. The third-order valence-corrected chi connectivity index (χ3v) is 7.18. The van der Waals surface area contributed by atoms with Gasteiger partial charge in [0, 0.05) is 50.8 Å². The maximum atomic E-state index is 4.95. The monoisotopic (exact) mass is 453 g/mol. The number of imidazole rings is 1. The van der Waals surface area contributed by atoms with Crippen LogP contribution in [0.1, 0.15) is 47.4 Å². The standard InChI is InChI=1S/C27H31N7/c1-32(24-11-5-9-21-10-6-13-29-26(21)24)17-22-18-34-25(31-22)12-14-30-27(34)33-16-15-28-23(19-33)20-7-3-2-4-8-20/h2-4,6-8,10,12-14,18,23-24,28H,5,9,11,15-17,19H2,1H3. The number of hydrogen-bond donors (Lipinski definition) is 1. The zero-order valence-corrected chi connectivity index (χ0v) is 19.6. The minimum atomic E-state index is 0.292. The lowest BCUT2D eigenvalue weighted by molar-refractivity contribution is 0.206. The molecule has 0 spiro atoms. The third-order valence-electron chi connectivity index (χ3n) is 7.18. The van der Waals surface area contributed by atoms with Gasteiger partial charge in [0.25, 0.3) is 0 Å². The van der Waals surface area contributed by atoms with Crippen molar-refractivity contribution >= 4 is 11.6 Å². The Kier molecular flexibility index (Phi) is 5.73. The Morgan fingerprint density at radius 1 is 1.06 bits per heavy atom. The van der Waals surface area contributed by atoms with Crippen molar-refractivity contribution in [3.05, 3.63) is 89.6 Å². The van der Waals surface area contributed by atoms with Gasteiger partial charge in [-0.1, -0.05) is 36.4 Å². The zero-order chi connectivity index (χ0) is 22.9. The summed E-state index contributed by atoms with van der Waals surface area (Å²) in [6, 6.07) is 17.6. The zero-order valence-electron chi connectivity index (χ0n) is 19.6. The fourth-order valence-corrected chi connectivity index (χ4v) is 5.49. The molecule has 0 amide bonds. The first-order valence-electron chi connectivity index (χ1n) is 12.3. The molecule has 34 heavy (non-hydrogen) atoms. The van der Waals surface area contributed by atoms with Gasteiger partial charge in [-0.15, -0.1) is 0 Å². The summed E-state index contributed by atoms with van der Waals surface area (Å²) in [7, 11) is 2.19. The van der Waals surface area contributed by atoms with E-state index < -0.39 is 0 Å². The van der Waals surface area contributed by atoms with Gasteiger partial charge in [0.05, 0.1) is 17.4 Å². The Labute approximate surface area is 200 Å². The number of nitrogens with zero attached hydrogens (tertiary/aromatic N) is 6. The van der Waals surface area contributed by atoms with Gasteiger partial charge in [-0.3, -0.25) is 14.3 Å². The minimum Gasteiger partial charge on any atom is -0.339 e. The van der Waals surface area contributed by atoms with E-state index in [2.05, 4.69) is 75.2 Å². The molecular formula is C27H31N7. The molecule has 174 valence electrons. The first kappa shape index (κ1) is 21.3. The molecule has 7 nitrogen and oxygen atoms in total. The van der Waals surface area contributed by atoms with Crippen molar-refractivity contribution in [2.75, 3.05) is 31.6 Å². The second kappa shape index (κ2) is 9.16. The molecule has 2 unspecified atom stereocenters. The highest BCUT2D eigenvalue weighted by Crippen LogP contribution is 2.32. The Balaban J connectivity index is 1.24. The van der Waals surface area contributed by atoms with Crippen LogP contribution in [0.25, 0.3) is 5.65 Å². The van der Waals surface area contributed by atoms with E-state index in [0.29, 0.717) is 12.1 Å². The van der Waals surface area contributed by atoms with Crippen molar-refractivity contribution in [3.63, 3.8) is 0 Å². The summed E-state index contributed by atoms with van der Waals surface area (Å²) in [5, 5.41) is 3.65. The van der Waals surface area contributed by atoms with Crippen molar-refractivity contribution < 1.29 is 0 Å². The summed E-state index contributed by atoms with van der Waals surface area (Å²) in [6.45, 7) is 3.52. The normalized spacial score (nSPS) is 20.6. The third kappa shape index (κ3) is 4.06. The Bertz CT molecular complexity index is 1270. The van der Waals surface area contributed by atoms with E-state index >= 15 is 0 Å². The summed E-state index contributed by atoms with van der Waals surface area (Å²) in [6.07, 6.45) is 9.44. The summed E-state index contributed by atoms with van der Waals surface area (Å²) in [5.41, 5.74) is 5.95. The van der Waals surface area contributed by atoms with Crippen LogP contribution in [0.15, 0.2) is 67.1 Å². The van der Waals surface area contributed by atoms with Crippen molar-refractivity contribution in [1.29, 1.82) is 0 Å². The van der Waals surface area contributed by atoms with Crippen LogP contribution in [0, 0.1) is 0 Å². The van der Waals surface area contributed by atoms with E-state index in [4.69, 9.17) is 15.0 Å². The van der Waals surface area contributed by atoms with Gasteiger partial charge in [-0.25, -0.2) is 9.97 Å². The topological polar surface area (TPSA) is 61.6 Å². The maximum Gasteiger partial charge on any atom is 0.211 e. The van der Waals surface area contributed by atoms with E-state index in [0.717, 1.165) is 56.3 Å². The van der Waals surface area contributed by atoms with E-state index in [1.807, 2.05) is 18.5 Å². The fraction of sp³-hybridized carbons (Fsp3) is 0.370. The second-order valence-electron chi connectivity index (χ2n) is 9.44. The van der Waals surface area contributed by atoms with Gasteiger partial charge < -0.3 is 10.2 Å². The summed E-state index contributed by atoms with van der Waals surface area (Å²) < 4.78 is 2.16. The number of piperazine rings is 1. The Morgan fingerprint density at radius 3 is 2.88 bits per heavy atom. The number of aromatic nitrogens is 4. The molecule has 4 heterocycles. The van der Waals surface area contributed by atoms with Gasteiger partial charge in [0.2, 0.25) is 5.95 Å². The molecular weight excluding hydrogens is 422 g/mol. The van der Waals surface area contributed by atoms with E-state index in [-0.39, 0.29) is 0 Å². The van der Waals surface area contributed by atoms with Crippen LogP contribution in [0.3, 0.4) is 0 Å². The smallest absolute Gasteiger partial charge is 0.211 e. The molecule has 1 aliphatic carbocycles. The van der Waals surface area contributed by atoms with Crippen molar-refractivity contribution in [3.8, 4) is 0 Å². The molecule has 0 bridgehead atoms. The Morgan fingerprint density at radius 2 is 1.97 bits per heavy atom. The number of hydrogen-bond acceptors (Lipinski definition) is 6. The molecule has 7 heteroatoms. The molecule has 4 aromatic rings. The average Bonchev–Trinajstić information content (AvgIpc) is 3.31. The molecule has 1 fully saturated rings. The lowest BCUT2D eigenvalue weighted by Crippen LogP contribution is -2.46. The van der Waals surface area contributed by atoms with Gasteiger partial charge in [0.15, 0.2) is 0 Å². The molecule has 1 aliphatic heterocycles. The number of fused-ring (bicyclic) bond motifs is 2. The lowest BCUT2D eigenvalue weighted by atomic mass is 9.91. The summed E-state index contributed by atoms with van der Waals surface area (Å²) in [5.74, 6) is 0.964. The average molecular weight is 454 g/mol. The van der Waals surface area contributed by atoms with Gasteiger partial charge >= 0.3 is 0 Å². The molecule has 0 saturated carbocycles. The molecule has 0 radical (unpaired) electrons. The molecule has 1 saturated heterocycles. The Hall–Kier alpha value is -3.29. The number of aryl methyl sites for hydroxylation is 1. The van der Waals surface area contributed by atoms with Gasteiger partial charge in [-0.05, 0) is 49.6 Å². The first-order chi connectivity index (χ1) is 16.8. The fourth-order valence-electron chi connectivity index (χ4n) is 5.49. The SMILES string of the molecule is CN(Cc1cn2c(N3CCNC(c4ccccc4)C3)nccc2n1)C1CCCc2cccnc21. The second-order valence-corrected chi connectivity index (χ2v) is 9.44. The van der Waals surface area contributed by atoms with E-state index in [9.17, 15) is 0 Å². The van der Waals surface area contributed by atoms with Crippen molar-refractivity contribution in [1.82, 2.24) is 29.6 Å². The number of benzene rings is 1. The molecule has 2 atom stereocenters. The number of anilines is 1. The van der Waals surface area contributed by atoms with Crippen LogP contribution in [0.2, 0.25) is 0 Å². The minimum absolute atomic E-state index is 0.292. The maximum absolute atomic E-state index is 4.95. The molecule has 2 aliphatic rings. The number of nitrogens with one attached hydrogen (secondary N) is 1. The summed E-state index contributed by atoms with van der Waals surface area (Å²) >= 11 is 0. The van der Waals surface area contributed by atoms with Crippen LogP contribution in [-0.4, -0.2) is 50.9 Å². The number of rotatable bonds is 5. The highest BCUT2D eigenvalue weighted by atomic mass is 15.3. The van der Waals surface area contributed by atoms with Crippen molar-refractivity contribution in [2.45, 2.75) is 37.9 Å². The van der Waals surface area contributed by atoms with Crippen LogP contribution < -0.4 is 10.2 Å². The quantitative estimate of drug-likeness (QED) is 0.496. The van der Waals surface area contributed by atoms with Crippen LogP contribution >= 0.6 is 0 Å². The highest BCUT2D eigenvalue weighted by molar-refractivity contribution is 5.48.